The van der Waals surface area contributed by atoms with Gasteiger partial charge in [-0.2, -0.15) is 0 Å². The summed E-state index contributed by atoms with van der Waals surface area (Å²) in [6.45, 7) is 0.563. The maximum atomic E-state index is 12.2. The molecule has 2 aromatic rings. The Bertz CT molecular complexity index is 698. The monoisotopic (exact) mass is 356 g/mol. The summed E-state index contributed by atoms with van der Waals surface area (Å²) >= 11 is 6.33. The highest BCUT2D eigenvalue weighted by Gasteiger charge is 2.29. The van der Waals surface area contributed by atoms with Crippen LogP contribution in [0.5, 0.6) is 0 Å². The topological polar surface area (TPSA) is 46.3 Å². The van der Waals surface area contributed by atoms with Crippen LogP contribution in [-0.2, 0) is 0 Å². The second-order valence-corrected chi connectivity index (χ2v) is 7.22. The molecule has 1 saturated carbocycles. The molecule has 4 heteroatoms. The number of para-hydroxylation sites is 1. The lowest BCUT2D eigenvalue weighted by atomic mass is 9.76. The van der Waals surface area contributed by atoms with E-state index in [0.29, 0.717) is 23.2 Å². The number of carbonyl (C=O) groups is 1. The van der Waals surface area contributed by atoms with Crippen LogP contribution in [-0.4, -0.2) is 12.6 Å². The molecule has 0 heterocycles. The number of anilines is 1. The van der Waals surface area contributed by atoms with E-state index in [1.165, 1.54) is 37.7 Å². The highest BCUT2D eigenvalue weighted by Crippen LogP contribution is 2.38. The molecule has 3 nitrogen and oxygen atoms in total. The largest absolute Gasteiger partial charge is 0.351 e. The molecule has 2 amide bonds. The van der Waals surface area contributed by atoms with Gasteiger partial charge in [0, 0.05) is 12.5 Å². The molecule has 3 rings (SSSR count). The van der Waals surface area contributed by atoms with Crippen molar-refractivity contribution in [2.24, 2.45) is 11.7 Å². The third kappa shape index (κ3) is 4.35. The molecule has 1 atom stereocenters. The number of benzene rings is 2. The number of nitrogens with zero attached hydrogens (tertiary/aromatic N) is 1. The van der Waals surface area contributed by atoms with Gasteiger partial charge in [0.05, 0.1) is 10.7 Å². The number of halogens is 1. The number of hydrogen-bond donors (Lipinski definition) is 1. The van der Waals surface area contributed by atoms with Crippen LogP contribution in [0.1, 0.15) is 43.6 Å². The van der Waals surface area contributed by atoms with Crippen LogP contribution in [0.2, 0.25) is 5.02 Å². The van der Waals surface area contributed by atoms with Crippen molar-refractivity contribution in [2.45, 2.75) is 38.0 Å². The summed E-state index contributed by atoms with van der Waals surface area (Å²) < 4.78 is 0. The molecule has 1 aliphatic rings. The third-order valence-corrected chi connectivity index (χ3v) is 5.55. The normalized spacial score (nSPS) is 16.4. The molecular formula is C21H25ClN2O. The van der Waals surface area contributed by atoms with Gasteiger partial charge in [-0.1, -0.05) is 73.3 Å². The molecule has 0 spiro atoms. The Hall–Kier alpha value is -2.00. The quantitative estimate of drug-likeness (QED) is 0.745. The highest BCUT2D eigenvalue weighted by atomic mass is 35.5. The Balaban J connectivity index is 1.92. The van der Waals surface area contributed by atoms with Crippen LogP contribution >= 0.6 is 11.6 Å². The van der Waals surface area contributed by atoms with Crippen LogP contribution in [0.25, 0.3) is 0 Å². The highest BCUT2D eigenvalue weighted by molar-refractivity contribution is 6.33. The number of rotatable bonds is 5. The Labute approximate surface area is 154 Å². The summed E-state index contributed by atoms with van der Waals surface area (Å²) in [7, 11) is 0. The van der Waals surface area contributed by atoms with Crippen molar-refractivity contribution in [3.63, 3.8) is 0 Å². The van der Waals surface area contributed by atoms with Crippen molar-refractivity contribution in [2.75, 3.05) is 11.4 Å². The average Bonchev–Trinajstić information content (AvgIpc) is 2.65. The van der Waals surface area contributed by atoms with Crippen molar-refractivity contribution in [3.8, 4) is 0 Å². The van der Waals surface area contributed by atoms with E-state index >= 15 is 0 Å². The first-order valence-corrected chi connectivity index (χ1v) is 9.41. The second-order valence-electron chi connectivity index (χ2n) is 6.82. The lowest BCUT2D eigenvalue weighted by Crippen LogP contribution is -2.40. The third-order valence-electron chi connectivity index (χ3n) is 5.24. The summed E-state index contributed by atoms with van der Waals surface area (Å²) in [5.74, 6) is 0.839. The predicted octanol–water partition coefficient (Wildman–Crippen LogP) is 5.59. The molecule has 0 aromatic heterocycles. The number of amides is 2. The molecule has 2 aromatic carbocycles. The van der Waals surface area contributed by atoms with Crippen LogP contribution < -0.4 is 10.6 Å². The minimum absolute atomic E-state index is 0.269. The molecular weight excluding hydrogens is 332 g/mol. The Morgan fingerprint density at radius 2 is 1.68 bits per heavy atom. The van der Waals surface area contributed by atoms with Crippen molar-refractivity contribution in [3.05, 3.63) is 65.2 Å². The van der Waals surface area contributed by atoms with Gasteiger partial charge in [-0.3, -0.25) is 4.90 Å². The minimum Gasteiger partial charge on any atom is -0.351 e. The van der Waals surface area contributed by atoms with Crippen molar-refractivity contribution in [1.82, 2.24) is 0 Å². The fourth-order valence-corrected chi connectivity index (χ4v) is 4.18. The van der Waals surface area contributed by atoms with Gasteiger partial charge in [0.1, 0.15) is 0 Å². The molecule has 0 bridgehead atoms. The summed E-state index contributed by atoms with van der Waals surface area (Å²) in [5, 5.41) is 0.553. The van der Waals surface area contributed by atoms with Gasteiger partial charge in [-0.25, -0.2) is 4.79 Å². The fraction of sp³-hybridized carbons (Fsp3) is 0.381. The number of hydrogen-bond acceptors (Lipinski definition) is 1. The van der Waals surface area contributed by atoms with Gasteiger partial charge in [0.25, 0.3) is 0 Å². The lowest BCUT2D eigenvalue weighted by molar-refractivity contribution is 0.250. The van der Waals surface area contributed by atoms with Crippen molar-refractivity contribution < 1.29 is 4.79 Å². The number of carbonyl (C=O) groups excluding carboxylic acids is 1. The first kappa shape index (κ1) is 17.8. The van der Waals surface area contributed by atoms with Crippen molar-refractivity contribution >= 4 is 23.3 Å². The average molecular weight is 357 g/mol. The van der Waals surface area contributed by atoms with Gasteiger partial charge < -0.3 is 5.73 Å². The van der Waals surface area contributed by atoms with E-state index in [9.17, 15) is 4.79 Å². The number of urea groups is 1. The molecule has 25 heavy (non-hydrogen) atoms. The molecule has 0 aliphatic heterocycles. The molecule has 2 N–H and O–H groups in total. The van der Waals surface area contributed by atoms with Gasteiger partial charge in [0.15, 0.2) is 0 Å². The van der Waals surface area contributed by atoms with Crippen LogP contribution in [0.4, 0.5) is 10.5 Å². The van der Waals surface area contributed by atoms with Crippen molar-refractivity contribution in [1.29, 1.82) is 0 Å². The second kappa shape index (κ2) is 8.39. The minimum atomic E-state index is -0.454. The predicted molar refractivity (Wildman–Crippen MR) is 104 cm³/mol. The van der Waals surface area contributed by atoms with E-state index in [-0.39, 0.29) is 5.92 Å². The summed E-state index contributed by atoms with van der Waals surface area (Å²) in [5.41, 5.74) is 7.68. The van der Waals surface area contributed by atoms with Gasteiger partial charge >= 0.3 is 6.03 Å². The molecule has 0 saturated heterocycles. The molecule has 1 fully saturated rings. The molecule has 132 valence electrons. The lowest BCUT2D eigenvalue weighted by Gasteiger charge is -2.34. The smallest absolute Gasteiger partial charge is 0.319 e. The van der Waals surface area contributed by atoms with Gasteiger partial charge in [0.2, 0.25) is 0 Å². The maximum Gasteiger partial charge on any atom is 0.319 e. The van der Waals surface area contributed by atoms with Crippen LogP contribution in [0.3, 0.4) is 0 Å². The maximum absolute atomic E-state index is 12.2. The molecule has 1 aliphatic carbocycles. The van der Waals surface area contributed by atoms with Crippen LogP contribution in [0.15, 0.2) is 54.6 Å². The summed E-state index contributed by atoms with van der Waals surface area (Å²) in [6.07, 6.45) is 6.23. The fourth-order valence-electron chi connectivity index (χ4n) is 3.94. The van der Waals surface area contributed by atoms with E-state index in [1.807, 2.05) is 24.3 Å². The molecule has 0 radical (unpaired) electrons. The Morgan fingerprint density at radius 1 is 1.04 bits per heavy atom. The number of nitrogens with two attached hydrogens (primary N) is 1. The standard InChI is InChI=1S/C21H25ClN2O/c22-19-13-7-8-14-20(19)24(21(23)25)15-18(16-9-3-1-4-10-16)17-11-5-2-6-12-17/h1,3-4,7-10,13-14,17-18H,2,5-6,11-12,15H2,(H2,23,25). The zero-order valence-corrected chi connectivity index (χ0v) is 15.2. The Kier molecular flexibility index (Phi) is 5.98. The first-order chi connectivity index (χ1) is 12.2. The van der Waals surface area contributed by atoms with E-state index in [4.69, 9.17) is 17.3 Å². The Morgan fingerprint density at radius 3 is 2.32 bits per heavy atom. The van der Waals surface area contributed by atoms with E-state index in [1.54, 1.807) is 11.0 Å². The summed E-state index contributed by atoms with van der Waals surface area (Å²) in [6, 6.07) is 17.4. The van der Waals surface area contributed by atoms with Gasteiger partial charge in [-0.15, -0.1) is 0 Å². The number of primary amides is 1. The zero-order valence-electron chi connectivity index (χ0n) is 14.4. The summed E-state index contributed by atoms with van der Waals surface area (Å²) in [4.78, 5) is 13.8. The van der Waals surface area contributed by atoms with Crippen LogP contribution in [0, 0.1) is 5.92 Å². The SMILES string of the molecule is NC(=O)N(CC(c1ccccc1)C1CCCCC1)c1ccccc1Cl. The zero-order chi connectivity index (χ0) is 17.6. The molecule has 1 unspecified atom stereocenters. The van der Waals surface area contributed by atoms with E-state index in [0.717, 1.165) is 0 Å². The van der Waals surface area contributed by atoms with E-state index in [2.05, 4.69) is 24.3 Å². The van der Waals surface area contributed by atoms with E-state index < -0.39 is 6.03 Å². The van der Waals surface area contributed by atoms with Gasteiger partial charge in [-0.05, 0) is 36.5 Å². The first-order valence-electron chi connectivity index (χ1n) is 9.03.